The Bertz CT molecular complexity index is 323. The van der Waals surface area contributed by atoms with Crippen LogP contribution in [0, 0.1) is 5.82 Å². The second-order valence-corrected chi connectivity index (χ2v) is 3.53. The molecule has 0 radical (unpaired) electrons. The molecule has 0 unspecified atom stereocenters. The molecule has 0 saturated carbocycles. The Morgan fingerprint density at radius 1 is 1.46 bits per heavy atom. The van der Waals surface area contributed by atoms with Crippen molar-refractivity contribution >= 4 is 11.4 Å². The first-order valence-electron chi connectivity index (χ1n) is 4.49. The highest BCUT2D eigenvalue weighted by molar-refractivity contribution is 5.75. The molecule has 3 heteroatoms. The average molecular weight is 180 g/mol. The molecule has 1 aliphatic rings. The fourth-order valence-electron chi connectivity index (χ4n) is 1.64. The van der Waals surface area contributed by atoms with E-state index in [1.54, 1.807) is 6.07 Å². The van der Waals surface area contributed by atoms with Crippen molar-refractivity contribution in [1.82, 2.24) is 0 Å². The lowest BCUT2D eigenvalue weighted by atomic mass is 10.2. The lowest BCUT2D eigenvalue weighted by molar-refractivity contribution is 0.632. The van der Waals surface area contributed by atoms with Gasteiger partial charge in [-0.05, 0) is 26.0 Å². The second kappa shape index (κ2) is 2.91. The van der Waals surface area contributed by atoms with Gasteiger partial charge in [0.25, 0.3) is 0 Å². The van der Waals surface area contributed by atoms with Crippen molar-refractivity contribution in [2.45, 2.75) is 19.9 Å². The molecule has 0 fully saturated rings. The van der Waals surface area contributed by atoms with Crippen molar-refractivity contribution in [1.29, 1.82) is 0 Å². The van der Waals surface area contributed by atoms with Crippen LogP contribution in [-0.4, -0.2) is 12.7 Å². The first-order valence-corrected chi connectivity index (χ1v) is 4.49. The quantitative estimate of drug-likeness (QED) is 0.714. The Kier molecular flexibility index (Phi) is 1.87. The highest BCUT2D eigenvalue weighted by Crippen LogP contribution is 2.34. The van der Waals surface area contributed by atoms with E-state index >= 15 is 0 Å². The van der Waals surface area contributed by atoms with Gasteiger partial charge in [-0.25, -0.2) is 4.39 Å². The zero-order valence-corrected chi connectivity index (χ0v) is 7.84. The Balaban J connectivity index is 2.43. The van der Waals surface area contributed by atoms with Gasteiger partial charge in [-0.1, -0.05) is 6.07 Å². The van der Waals surface area contributed by atoms with Crippen molar-refractivity contribution in [3.8, 4) is 0 Å². The van der Waals surface area contributed by atoms with Gasteiger partial charge in [0.15, 0.2) is 0 Å². The summed E-state index contributed by atoms with van der Waals surface area (Å²) in [6, 6.07) is 5.57. The van der Waals surface area contributed by atoms with Gasteiger partial charge < -0.3 is 10.2 Å². The minimum atomic E-state index is -0.166. The second-order valence-electron chi connectivity index (χ2n) is 3.53. The van der Waals surface area contributed by atoms with Crippen LogP contribution in [0.2, 0.25) is 0 Å². The first kappa shape index (κ1) is 8.35. The molecular weight excluding hydrogens is 167 g/mol. The Labute approximate surface area is 77.4 Å². The number of nitrogens with zero attached hydrogens (tertiary/aromatic N) is 1. The summed E-state index contributed by atoms with van der Waals surface area (Å²) >= 11 is 0. The van der Waals surface area contributed by atoms with E-state index in [1.807, 2.05) is 6.07 Å². The Hall–Kier alpha value is -1.25. The normalized spacial score (nSPS) is 14.6. The SMILES string of the molecule is CC(C)N1CNc2c(F)cccc21. The maximum absolute atomic E-state index is 13.2. The number of para-hydroxylation sites is 1. The highest BCUT2D eigenvalue weighted by Gasteiger charge is 2.22. The predicted octanol–water partition coefficient (Wildman–Crippen LogP) is 2.42. The van der Waals surface area contributed by atoms with Gasteiger partial charge >= 0.3 is 0 Å². The zero-order valence-electron chi connectivity index (χ0n) is 7.84. The third kappa shape index (κ3) is 1.24. The number of hydrogen-bond donors (Lipinski definition) is 1. The Morgan fingerprint density at radius 3 is 2.92 bits per heavy atom. The number of anilines is 2. The van der Waals surface area contributed by atoms with Gasteiger partial charge in [0.05, 0.1) is 18.0 Å². The summed E-state index contributed by atoms with van der Waals surface area (Å²) in [6.45, 7) is 4.90. The van der Waals surface area contributed by atoms with Gasteiger partial charge in [-0.2, -0.15) is 0 Å². The minimum Gasteiger partial charge on any atom is -0.364 e. The predicted molar refractivity (Wildman–Crippen MR) is 52.5 cm³/mol. The van der Waals surface area contributed by atoms with Crippen LogP contribution in [0.1, 0.15) is 13.8 Å². The molecule has 0 aliphatic carbocycles. The molecular formula is C10H13FN2. The van der Waals surface area contributed by atoms with E-state index in [4.69, 9.17) is 0 Å². The van der Waals surface area contributed by atoms with Gasteiger partial charge in [0.2, 0.25) is 0 Å². The van der Waals surface area contributed by atoms with Crippen LogP contribution in [0.15, 0.2) is 18.2 Å². The lowest BCUT2D eigenvalue weighted by Crippen LogP contribution is -2.29. The highest BCUT2D eigenvalue weighted by atomic mass is 19.1. The van der Waals surface area contributed by atoms with Crippen molar-refractivity contribution in [3.63, 3.8) is 0 Å². The molecule has 0 aromatic heterocycles. The van der Waals surface area contributed by atoms with Gasteiger partial charge in [0.1, 0.15) is 5.82 Å². The number of fused-ring (bicyclic) bond motifs is 1. The van der Waals surface area contributed by atoms with Crippen LogP contribution in [0.25, 0.3) is 0 Å². The summed E-state index contributed by atoms with van der Waals surface area (Å²) in [4.78, 5) is 2.14. The smallest absolute Gasteiger partial charge is 0.148 e. The maximum Gasteiger partial charge on any atom is 0.148 e. The third-order valence-electron chi connectivity index (χ3n) is 2.35. The third-order valence-corrected chi connectivity index (χ3v) is 2.35. The van der Waals surface area contributed by atoms with Crippen LogP contribution < -0.4 is 10.2 Å². The molecule has 1 N–H and O–H groups in total. The molecule has 70 valence electrons. The number of halogens is 1. The average Bonchev–Trinajstić information content (AvgIpc) is 2.48. The summed E-state index contributed by atoms with van der Waals surface area (Å²) in [5, 5.41) is 3.05. The molecule has 2 nitrogen and oxygen atoms in total. The molecule has 0 atom stereocenters. The topological polar surface area (TPSA) is 15.3 Å². The van der Waals surface area contributed by atoms with Crippen molar-refractivity contribution in [2.24, 2.45) is 0 Å². The van der Waals surface area contributed by atoms with Crippen LogP contribution in [-0.2, 0) is 0 Å². The van der Waals surface area contributed by atoms with Gasteiger partial charge in [0, 0.05) is 6.04 Å². The molecule has 1 aromatic carbocycles. The molecule has 1 aromatic rings. The van der Waals surface area contributed by atoms with Gasteiger partial charge in [-0.3, -0.25) is 0 Å². The van der Waals surface area contributed by atoms with E-state index in [-0.39, 0.29) is 5.82 Å². The molecule has 1 heterocycles. The zero-order chi connectivity index (χ0) is 9.42. The number of rotatable bonds is 1. The van der Waals surface area contributed by atoms with Gasteiger partial charge in [-0.15, -0.1) is 0 Å². The standard InChI is InChI=1S/C10H13FN2/c1-7(2)13-6-12-10-8(11)4-3-5-9(10)13/h3-5,7,12H,6H2,1-2H3. The molecule has 1 aliphatic heterocycles. The van der Waals surface area contributed by atoms with Crippen LogP contribution in [0.4, 0.5) is 15.8 Å². The lowest BCUT2D eigenvalue weighted by Gasteiger charge is -2.22. The van der Waals surface area contributed by atoms with Crippen molar-refractivity contribution in [2.75, 3.05) is 16.9 Å². The minimum absolute atomic E-state index is 0.166. The summed E-state index contributed by atoms with van der Waals surface area (Å²) in [5.41, 5.74) is 1.60. The van der Waals surface area contributed by atoms with Crippen molar-refractivity contribution < 1.29 is 4.39 Å². The fourth-order valence-corrected chi connectivity index (χ4v) is 1.64. The fraction of sp³-hybridized carbons (Fsp3) is 0.400. The number of nitrogens with one attached hydrogen (secondary N) is 1. The summed E-state index contributed by atoms with van der Waals surface area (Å²) in [7, 11) is 0. The summed E-state index contributed by atoms with van der Waals surface area (Å²) < 4.78 is 13.2. The molecule has 2 rings (SSSR count). The first-order chi connectivity index (χ1) is 6.20. The van der Waals surface area contributed by atoms with Crippen LogP contribution in [0.3, 0.4) is 0 Å². The van der Waals surface area contributed by atoms with E-state index in [0.717, 1.165) is 5.69 Å². The Morgan fingerprint density at radius 2 is 2.23 bits per heavy atom. The van der Waals surface area contributed by atoms with E-state index in [9.17, 15) is 4.39 Å². The van der Waals surface area contributed by atoms with E-state index < -0.39 is 0 Å². The van der Waals surface area contributed by atoms with Crippen LogP contribution in [0.5, 0.6) is 0 Å². The molecule has 13 heavy (non-hydrogen) atoms. The largest absolute Gasteiger partial charge is 0.364 e. The molecule has 0 amide bonds. The molecule has 0 spiro atoms. The summed E-state index contributed by atoms with van der Waals surface area (Å²) in [6.07, 6.45) is 0. The monoisotopic (exact) mass is 180 g/mol. The molecule has 0 bridgehead atoms. The van der Waals surface area contributed by atoms with E-state index in [2.05, 4.69) is 24.1 Å². The molecule has 0 saturated heterocycles. The van der Waals surface area contributed by atoms with E-state index in [1.165, 1.54) is 6.07 Å². The van der Waals surface area contributed by atoms with E-state index in [0.29, 0.717) is 18.4 Å². The number of benzene rings is 1. The summed E-state index contributed by atoms with van der Waals surface area (Å²) in [5.74, 6) is -0.166. The number of hydrogen-bond acceptors (Lipinski definition) is 2. The van der Waals surface area contributed by atoms with Crippen molar-refractivity contribution in [3.05, 3.63) is 24.0 Å². The maximum atomic E-state index is 13.2. The van der Waals surface area contributed by atoms with Crippen LogP contribution >= 0.6 is 0 Å².